The van der Waals surface area contributed by atoms with E-state index in [9.17, 15) is 5.26 Å². The van der Waals surface area contributed by atoms with Crippen LogP contribution < -0.4 is 0 Å². The van der Waals surface area contributed by atoms with E-state index >= 15 is 0 Å². The number of nitriles is 1. The number of aromatic nitrogens is 1. The topological polar surface area (TPSA) is 36.7 Å². The standard InChI is InChI=1S/C14H8ClIN2/c15-14(11-5-1-2-6-13(11)16)12(8-17)10-4-3-7-18-9-10/h1-7,9H/b14-12-. The van der Waals surface area contributed by atoms with Crippen molar-refractivity contribution < 1.29 is 0 Å². The van der Waals surface area contributed by atoms with Crippen LogP contribution in [0.15, 0.2) is 48.8 Å². The summed E-state index contributed by atoms with van der Waals surface area (Å²) in [7, 11) is 0. The predicted molar refractivity (Wildman–Crippen MR) is 81.7 cm³/mol. The second-order valence-electron chi connectivity index (χ2n) is 3.52. The first-order valence-electron chi connectivity index (χ1n) is 5.19. The molecule has 2 aromatic rings. The van der Waals surface area contributed by atoms with E-state index in [0.29, 0.717) is 10.6 Å². The van der Waals surface area contributed by atoms with Crippen molar-refractivity contribution in [3.05, 3.63) is 63.5 Å². The van der Waals surface area contributed by atoms with Crippen LogP contribution in [0, 0.1) is 14.9 Å². The lowest BCUT2D eigenvalue weighted by Gasteiger charge is -2.06. The van der Waals surface area contributed by atoms with E-state index in [4.69, 9.17) is 11.6 Å². The van der Waals surface area contributed by atoms with Gasteiger partial charge in [0.25, 0.3) is 0 Å². The second kappa shape index (κ2) is 5.98. The van der Waals surface area contributed by atoms with Gasteiger partial charge in [-0.15, -0.1) is 0 Å². The molecule has 0 bridgehead atoms. The van der Waals surface area contributed by atoms with Crippen LogP contribution in [0.3, 0.4) is 0 Å². The summed E-state index contributed by atoms with van der Waals surface area (Å²) in [6.07, 6.45) is 3.30. The maximum atomic E-state index is 9.28. The highest BCUT2D eigenvalue weighted by Gasteiger charge is 2.11. The zero-order valence-corrected chi connectivity index (χ0v) is 12.2. The Morgan fingerprint density at radius 3 is 2.61 bits per heavy atom. The average Bonchev–Trinajstić information content (AvgIpc) is 2.41. The zero-order chi connectivity index (χ0) is 13.0. The average molecular weight is 367 g/mol. The van der Waals surface area contributed by atoms with E-state index in [1.54, 1.807) is 18.5 Å². The summed E-state index contributed by atoms with van der Waals surface area (Å²) in [4.78, 5) is 4.01. The Morgan fingerprint density at radius 1 is 1.22 bits per heavy atom. The molecule has 0 saturated heterocycles. The number of allylic oxidation sites excluding steroid dienone is 1. The van der Waals surface area contributed by atoms with Gasteiger partial charge in [0.1, 0.15) is 6.07 Å². The van der Waals surface area contributed by atoms with E-state index in [1.165, 1.54) is 0 Å². The number of hydrogen-bond acceptors (Lipinski definition) is 2. The summed E-state index contributed by atoms with van der Waals surface area (Å²) in [5.41, 5.74) is 2.03. The van der Waals surface area contributed by atoms with Crippen molar-refractivity contribution in [2.75, 3.05) is 0 Å². The van der Waals surface area contributed by atoms with Crippen molar-refractivity contribution in [3.8, 4) is 6.07 Å². The molecule has 0 aliphatic carbocycles. The minimum Gasteiger partial charge on any atom is -0.264 e. The highest BCUT2D eigenvalue weighted by atomic mass is 127. The molecule has 0 saturated carbocycles. The number of halogens is 2. The molecule has 1 aromatic heterocycles. The van der Waals surface area contributed by atoms with Gasteiger partial charge in [0.2, 0.25) is 0 Å². The Bertz CT molecular complexity index is 630. The number of rotatable bonds is 2. The summed E-state index contributed by atoms with van der Waals surface area (Å²) in [6.45, 7) is 0. The Kier molecular flexibility index (Phi) is 4.34. The molecule has 0 spiro atoms. The van der Waals surface area contributed by atoms with Gasteiger partial charge in [-0.25, -0.2) is 0 Å². The molecular weight excluding hydrogens is 359 g/mol. The van der Waals surface area contributed by atoms with Crippen LogP contribution in [-0.2, 0) is 0 Å². The molecule has 0 radical (unpaired) electrons. The molecule has 18 heavy (non-hydrogen) atoms. The number of pyridine rings is 1. The van der Waals surface area contributed by atoms with Gasteiger partial charge in [0.05, 0.1) is 10.6 Å². The summed E-state index contributed by atoms with van der Waals surface area (Å²) in [6, 6.07) is 13.4. The first kappa shape index (κ1) is 13.1. The summed E-state index contributed by atoms with van der Waals surface area (Å²) >= 11 is 8.54. The molecule has 2 rings (SSSR count). The van der Waals surface area contributed by atoms with Crippen LogP contribution in [0.2, 0.25) is 0 Å². The second-order valence-corrected chi connectivity index (χ2v) is 5.06. The van der Waals surface area contributed by atoms with Gasteiger partial charge in [-0.2, -0.15) is 5.26 Å². The Hall–Kier alpha value is -1.38. The molecule has 0 fully saturated rings. The normalized spacial score (nSPS) is 11.6. The van der Waals surface area contributed by atoms with E-state index < -0.39 is 0 Å². The summed E-state index contributed by atoms with van der Waals surface area (Å²) in [5, 5.41) is 9.73. The van der Waals surface area contributed by atoms with Crippen LogP contribution in [0.4, 0.5) is 0 Å². The van der Waals surface area contributed by atoms with Crippen molar-refractivity contribution in [2.45, 2.75) is 0 Å². The highest BCUT2D eigenvalue weighted by Crippen LogP contribution is 2.31. The van der Waals surface area contributed by atoms with Gasteiger partial charge in [-0.3, -0.25) is 4.98 Å². The summed E-state index contributed by atoms with van der Waals surface area (Å²) < 4.78 is 1.01. The van der Waals surface area contributed by atoms with Crippen molar-refractivity contribution >= 4 is 44.8 Å². The fourth-order valence-corrected chi connectivity index (χ4v) is 2.66. The number of nitrogens with zero attached hydrogens (tertiary/aromatic N) is 2. The molecule has 0 N–H and O–H groups in total. The quantitative estimate of drug-likeness (QED) is 0.586. The van der Waals surface area contributed by atoms with Crippen LogP contribution in [0.1, 0.15) is 11.1 Å². The van der Waals surface area contributed by atoms with Gasteiger partial charge in [0, 0.05) is 27.1 Å². The predicted octanol–water partition coefficient (Wildman–Crippen LogP) is 4.32. The monoisotopic (exact) mass is 366 g/mol. The Morgan fingerprint density at radius 2 is 2.00 bits per heavy atom. The largest absolute Gasteiger partial charge is 0.264 e. The lowest BCUT2D eigenvalue weighted by atomic mass is 10.1. The minimum absolute atomic E-state index is 0.439. The molecule has 0 aliphatic rings. The third kappa shape index (κ3) is 2.71. The molecule has 88 valence electrons. The van der Waals surface area contributed by atoms with Gasteiger partial charge in [-0.05, 0) is 34.7 Å². The van der Waals surface area contributed by atoms with E-state index in [2.05, 4.69) is 33.6 Å². The zero-order valence-electron chi connectivity index (χ0n) is 9.27. The Labute approximate surface area is 124 Å². The fraction of sp³-hybridized carbons (Fsp3) is 0. The minimum atomic E-state index is 0.439. The van der Waals surface area contributed by atoms with E-state index in [-0.39, 0.29) is 0 Å². The van der Waals surface area contributed by atoms with Crippen LogP contribution in [0.5, 0.6) is 0 Å². The SMILES string of the molecule is N#C/C(=C(/Cl)c1ccccc1I)c1cccnc1. The Balaban J connectivity index is 2.59. The third-order valence-corrected chi connectivity index (χ3v) is 3.73. The smallest absolute Gasteiger partial charge is 0.101 e. The van der Waals surface area contributed by atoms with Crippen molar-refractivity contribution in [1.29, 1.82) is 5.26 Å². The fourth-order valence-electron chi connectivity index (χ4n) is 1.52. The van der Waals surface area contributed by atoms with E-state index in [0.717, 1.165) is 14.7 Å². The molecule has 0 unspecified atom stereocenters. The molecule has 0 atom stereocenters. The molecule has 4 heteroatoms. The van der Waals surface area contributed by atoms with Gasteiger partial charge < -0.3 is 0 Å². The van der Waals surface area contributed by atoms with Crippen LogP contribution in [0.25, 0.3) is 10.6 Å². The van der Waals surface area contributed by atoms with Crippen molar-refractivity contribution in [2.24, 2.45) is 0 Å². The van der Waals surface area contributed by atoms with E-state index in [1.807, 2.05) is 30.3 Å². The molecule has 1 heterocycles. The van der Waals surface area contributed by atoms with Gasteiger partial charge >= 0.3 is 0 Å². The van der Waals surface area contributed by atoms with Crippen molar-refractivity contribution in [3.63, 3.8) is 0 Å². The third-order valence-electron chi connectivity index (χ3n) is 2.39. The lowest BCUT2D eigenvalue weighted by Crippen LogP contribution is -1.89. The molecule has 1 aromatic carbocycles. The highest BCUT2D eigenvalue weighted by molar-refractivity contribution is 14.1. The molecular formula is C14H8ClIN2. The molecule has 2 nitrogen and oxygen atoms in total. The van der Waals surface area contributed by atoms with Crippen LogP contribution in [-0.4, -0.2) is 4.98 Å². The maximum absolute atomic E-state index is 9.28. The summed E-state index contributed by atoms with van der Waals surface area (Å²) in [5.74, 6) is 0. The van der Waals surface area contributed by atoms with Gasteiger partial charge in [0.15, 0.2) is 0 Å². The maximum Gasteiger partial charge on any atom is 0.101 e. The van der Waals surface area contributed by atoms with Crippen molar-refractivity contribution in [1.82, 2.24) is 4.98 Å². The van der Waals surface area contributed by atoms with Crippen LogP contribution >= 0.6 is 34.2 Å². The molecule has 0 amide bonds. The first-order chi connectivity index (χ1) is 8.74. The first-order valence-corrected chi connectivity index (χ1v) is 6.65. The van der Waals surface area contributed by atoms with Gasteiger partial charge in [-0.1, -0.05) is 35.9 Å². The number of benzene rings is 1. The number of hydrogen-bond donors (Lipinski definition) is 0. The molecule has 0 aliphatic heterocycles. The lowest BCUT2D eigenvalue weighted by molar-refractivity contribution is 1.31.